The lowest BCUT2D eigenvalue weighted by atomic mass is 9.73. The maximum atomic E-state index is 13.5. The van der Waals surface area contributed by atoms with E-state index in [-0.39, 0.29) is 27.4 Å². The molecular weight excluding hydrogens is 424 g/mol. The summed E-state index contributed by atoms with van der Waals surface area (Å²) in [6, 6.07) is 4.30. The van der Waals surface area contributed by atoms with Gasteiger partial charge in [0.1, 0.15) is 6.10 Å². The van der Waals surface area contributed by atoms with E-state index in [1.54, 1.807) is 14.2 Å². The van der Waals surface area contributed by atoms with Gasteiger partial charge in [-0.25, -0.2) is 0 Å². The van der Waals surface area contributed by atoms with Gasteiger partial charge >= 0.3 is 0 Å². The largest absolute Gasteiger partial charge is 0.493 e. The first-order valence-corrected chi connectivity index (χ1v) is 12.2. The smallest absolute Gasteiger partial charge is 0.224 e. The van der Waals surface area contributed by atoms with Crippen LogP contribution in [-0.2, 0) is 20.4 Å². The van der Waals surface area contributed by atoms with E-state index < -0.39 is 6.10 Å². The van der Waals surface area contributed by atoms with Gasteiger partial charge in [0.15, 0.2) is 17.3 Å². The summed E-state index contributed by atoms with van der Waals surface area (Å²) in [7, 11) is 3.27. The third-order valence-corrected chi connectivity index (χ3v) is 6.30. The Kier molecular flexibility index (Phi) is 7.49. The summed E-state index contributed by atoms with van der Waals surface area (Å²) < 4.78 is 18.7. The molecule has 1 aliphatic carbocycles. The van der Waals surface area contributed by atoms with Crippen LogP contribution in [0, 0.1) is 10.8 Å². The maximum Gasteiger partial charge on any atom is 0.224 e. The van der Waals surface area contributed by atoms with E-state index in [1.807, 2.05) is 26.8 Å². The highest BCUT2D eigenvalue weighted by atomic mass is 16.5. The van der Waals surface area contributed by atoms with Crippen molar-refractivity contribution in [2.45, 2.75) is 100 Å². The van der Waals surface area contributed by atoms with Crippen molar-refractivity contribution >= 4 is 5.78 Å². The van der Waals surface area contributed by atoms with Crippen LogP contribution in [0.25, 0.3) is 0 Å². The molecular formula is C30H46O4. The first-order valence-electron chi connectivity index (χ1n) is 12.2. The number of Topliss-reactive ketones (excluding diaryl/α,β-unsaturated/α-hetero) is 1. The highest BCUT2D eigenvalue weighted by molar-refractivity contribution is 6.09. The molecule has 0 fully saturated rings. The van der Waals surface area contributed by atoms with Gasteiger partial charge in [-0.05, 0) is 27.7 Å². The van der Waals surface area contributed by atoms with Gasteiger partial charge in [-0.2, -0.15) is 0 Å². The summed E-state index contributed by atoms with van der Waals surface area (Å²) in [4.78, 5) is 13.5. The second-order valence-corrected chi connectivity index (χ2v) is 13.4. The molecule has 4 heteroatoms. The average Bonchev–Trinajstić information content (AvgIpc) is 2.64. The minimum absolute atomic E-state index is 0.0637. The lowest BCUT2D eigenvalue weighted by Crippen LogP contribution is -2.37. The summed E-state index contributed by atoms with van der Waals surface area (Å²) >= 11 is 0. The molecule has 0 spiro atoms. The molecule has 0 amide bonds. The molecule has 0 bridgehead atoms. The Morgan fingerprint density at radius 3 is 1.47 bits per heavy atom. The number of allylic oxidation sites excluding steroid dienone is 1. The Hall–Kier alpha value is -2.23. The molecule has 190 valence electrons. The van der Waals surface area contributed by atoms with Crippen LogP contribution in [0.1, 0.15) is 94.2 Å². The molecule has 1 atom stereocenters. The van der Waals surface area contributed by atoms with Crippen LogP contribution in [0.3, 0.4) is 0 Å². The van der Waals surface area contributed by atoms with Crippen molar-refractivity contribution in [2.24, 2.45) is 10.8 Å². The fourth-order valence-electron chi connectivity index (χ4n) is 4.53. The minimum Gasteiger partial charge on any atom is -0.493 e. The van der Waals surface area contributed by atoms with Gasteiger partial charge in [0, 0.05) is 22.3 Å². The third-order valence-electron chi connectivity index (χ3n) is 6.30. The number of ketones is 1. The third kappa shape index (κ3) is 5.53. The average molecular weight is 471 g/mol. The van der Waals surface area contributed by atoms with Crippen LogP contribution < -0.4 is 9.47 Å². The Morgan fingerprint density at radius 2 is 1.12 bits per heavy atom. The summed E-state index contributed by atoms with van der Waals surface area (Å²) in [6.45, 7) is 25.5. The summed E-state index contributed by atoms with van der Waals surface area (Å²) in [5.74, 6) is 1.79. The maximum absolute atomic E-state index is 13.5. The van der Waals surface area contributed by atoms with Gasteiger partial charge in [-0.15, -0.1) is 0 Å². The zero-order valence-corrected chi connectivity index (χ0v) is 23.9. The number of carbonyl (C=O) groups excluding carboxylic acids is 1. The lowest BCUT2D eigenvalue weighted by molar-refractivity contribution is -0.116. The highest BCUT2D eigenvalue weighted by Crippen LogP contribution is 2.48. The summed E-state index contributed by atoms with van der Waals surface area (Å²) in [6.07, 6.45) is 1.52. The molecule has 0 saturated heterocycles. The van der Waals surface area contributed by atoms with Crippen molar-refractivity contribution in [1.29, 1.82) is 0 Å². The van der Waals surface area contributed by atoms with Crippen molar-refractivity contribution in [3.63, 3.8) is 0 Å². The summed E-state index contributed by atoms with van der Waals surface area (Å²) in [5, 5.41) is 0. The lowest BCUT2D eigenvalue weighted by Gasteiger charge is -2.38. The number of benzene rings is 1. The first kappa shape index (κ1) is 28.0. The standard InChI is InChI=1S/C30H46O4/c1-27(2,3)18-15-16-19(28(4,5)6)25(24(18)32-13)34-21-17-20(29(7,8)9)23(31)26(33-14)22(21)30(10,11)12/h15-17,21H,1-14H3. The van der Waals surface area contributed by atoms with Gasteiger partial charge < -0.3 is 14.2 Å². The fraction of sp³-hybridized carbons (Fsp3) is 0.633. The molecule has 0 aromatic heterocycles. The normalized spacial score (nSPS) is 18.1. The van der Waals surface area contributed by atoms with Gasteiger partial charge in [0.05, 0.1) is 14.2 Å². The summed E-state index contributed by atoms with van der Waals surface area (Å²) in [5.41, 5.74) is 2.69. The molecule has 0 radical (unpaired) electrons. The molecule has 0 heterocycles. The molecule has 0 saturated carbocycles. The van der Waals surface area contributed by atoms with Gasteiger partial charge in [0.2, 0.25) is 5.78 Å². The SMILES string of the molecule is COC1=C(C(C)(C)C)C(Oc2c(C(C)(C)C)ccc(C(C)(C)C)c2OC)C=C(C(C)(C)C)C1=O. The van der Waals surface area contributed by atoms with Crippen LogP contribution in [0.2, 0.25) is 0 Å². The van der Waals surface area contributed by atoms with Crippen molar-refractivity contribution < 1.29 is 19.0 Å². The second-order valence-electron chi connectivity index (χ2n) is 13.4. The number of carbonyl (C=O) groups is 1. The Bertz CT molecular complexity index is 996. The highest BCUT2D eigenvalue weighted by Gasteiger charge is 2.42. The van der Waals surface area contributed by atoms with E-state index in [0.717, 1.165) is 28.2 Å². The van der Waals surface area contributed by atoms with Crippen molar-refractivity contribution in [2.75, 3.05) is 14.2 Å². The topological polar surface area (TPSA) is 44.8 Å². The Labute approximate surface area is 207 Å². The first-order chi connectivity index (χ1) is 15.2. The van der Waals surface area contributed by atoms with Crippen LogP contribution >= 0.6 is 0 Å². The Morgan fingerprint density at radius 1 is 0.647 bits per heavy atom. The number of methoxy groups -OCH3 is 2. The minimum atomic E-state index is -0.466. The van der Waals surface area contributed by atoms with E-state index in [1.165, 1.54) is 0 Å². The van der Waals surface area contributed by atoms with Gasteiger partial charge in [-0.3, -0.25) is 4.79 Å². The predicted molar refractivity (Wildman–Crippen MR) is 141 cm³/mol. The van der Waals surface area contributed by atoms with E-state index in [9.17, 15) is 4.79 Å². The number of hydrogen-bond acceptors (Lipinski definition) is 4. The van der Waals surface area contributed by atoms with E-state index in [2.05, 4.69) is 74.4 Å². The van der Waals surface area contributed by atoms with E-state index >= 15 is 0 Å². The second kappa shape index (κ2) is 9.09. The number of ether oxygens (including phenoxy) is 3. The van der Waals surface area contributed by atoms with Gasteiger partial charge in [0.25, 0.3) is 0 Å². The number of rotatable bonds is 4. The molecule has 0 aliphatic heterocycles. The molecule has 0 N–H and O–H groups in total. The van der Waals surface area contributed by atoms with Crippen molar-refractivity contribution in [1.82, 2.24) is 0 Å². The molecule has 34 heavy (non-hydrogen) atoms. The van der Waals surface area contributed by atoms with Crippen molar-refractivity contribution in [3.05, 3.63) is 46.2 Å². The molecule has 1 aromatic rings. The monoisotopic (exact) mass is 470 g/mol. The van der Waals surface area contributed by atoms with Gasteiger partial charge in [-0.1, -0.05) is 95.2 Å². The quantitative estimate of drug-likeness (QED) is 0.456. The molecule has 4 nitrogen and oxygen atoms in total. The van der Waals surface area contributed by atoms with Crippen molar-refractivity contribution in [3.8, 4) is 11.5 Å². The molecule has 1 unspecified atom stereocenters. The van der Waals surface area contributed by atoms with Crippen LogP contribution in [0.15, 0.2) is 35.1 Å². The predicted octanol–water partition coefficient (Wildman–Crippen LogP) is 7.54. The van der Waals surface area contributed by atoms with E-state index in [4.69, 9.17) is 14.2 Å². The van der Waals surface area contributed by atoms with Crippen LogP contribution in [0.4, 0.5) is 0 Å². The zero-order valence-electron chi connectivity index (χ0n) is 23.9. The van der Waals surface area contributed by atoms with Crippen LogP contribution in [0.5, 0.6) is 11.5 Å². The molecule has 1 aromatic carbocycles. The fourth-order valence-corrected chi connectivity index (χ4v) is 4.53. The number of hydrogen-bond donors (Lipinski definition) is 0. The van der Waals surface area contributed by atoms with Crippen LogP contribution in [-0.4, -0.2) is 26.1 Å². The molecule has 1 aliphatic rings. The molecule has 2 rings (SSSR count). The Balaban J connectivity index is 2.90. The van der Waals surface area contributed by atoms with E-state index in [0.29, 0.717) is 11.3 Å². The zero-order chi connectivity index (χ0) is 26.4.